The van der Waals surface area contributed by atoms with Crippen molar-refractivity contribution in [2.45, 2.75) is 6.42 Å². The fraction of sp³-hybridized carbons (Fsp3) is 0.350. The molecular weight excluding hydrogens is 316 g/mol. The highest BCUT2D eigenvalue weighted by atomic mass is 16.5. The van der Waals surface area contributed by atoms with Gasteiger partial charge in [0, 0.05) is 24.5 Å². The van der Waals surface area contributed by atoms with Crippen molar-refractivity contribution in [1.29, 1.82) is 0 Å². The molecule has 0 bridgehead atoms. The van der Waals surface area contributed by atoms with Crippen molar-refractivity contribution in [3.8, 4) is 5.75 Å². The molecule has 0 radical (unpaired) electrons. The summed E-state index contributed by atoms with van der Waals surface area (Å²) >= 11 is 0. The maximum absolute atomic E-state index is 12.5. The number of nitrogens with zero attached hydrogens (tertiary/aromatic N) is 1. The van der Waals surface area contributed by atoms with E-state index in [1.807, 2.05) is 48.5 Å². The van der Waals surface area contributed by atoms with E-state index in [2.05, 4.69) is 10.2 Å². The van der Waals surface area contributed by atoms with E-state index in [9.17, 15) is 4.79 Å². The van der Waals surface area contributed by atoms with E-state index in [0.717, 1.165) is 49.0 Å². The average molecular weight is 338 g/mol. The van der Waals surface area contributed by atoms with Crippen LogP contribution in [0.15, 0.2) is 48.5 Å². The summed E-state index contributed by atoms with van der Waals surface area (Å²) in [6, 6.07) is 15.9. The zero-order valence-corrected chi connectivity index (χ0v) is 14.1. The van der Waals surface area contributed by atoms with Crippen molar-refractivity contribution in [2.75, 3.05) is 43.1 Å². The lowest BCUT2D eigenvalue weighted by Crippen LogP contribution is -2.36. The Balaban J connectivity index is 1.38. The van der Waals surface area contributed by atoms with Crippen LogP contribution in [0.1, 0.15) is 5.56 Å². The number of morpholine rings is 1. The summed E-state index contributed by atoms with van der Waals surface area (Å²) in [6.45, 7) is 3.77. The topological polar surface area (TPSA) is 50.8 Å². The second-order valence-electron chi connectivity index (χ2n) is 6.46. The minimum absolute atomic E-state index is 0.00799. The normalized spacial score (nSPS) is 19.7. The van der Waals surface area contributed by atoms with Crippen LogP contribution in [-0.4, -0.2) is 38.8 Å². The standard InChI is InChI=1S/C20H22N2O3/c23-20(16-13-15-3-1-2-4-19(15)25-14-16)21-17-5-7-18(8-6-17)22-9-11-24-12-10-22/h1-8,16H,9-14H2,(H,21,23)/t16-/m1/s1. The minimum atomic E-state index is -0.159. The van der Waals surface area contributed by atoms with E-state index in [0.29, 0.717) is 13.0 Å². The molecule has 1 atom stereocenters. The van der Waals surface area contributed by atoms with E-state index >= 15 is 0 Å². The van der Waals surface area contributed by atoms with Crippen LogP contribution in [0.5, 0.6) is 5.75 Å². The van der Waals surface area contributed by atoms with Crippen molar-refractivity contribution in [3.05, 3.63) is 54.1 Å². The molecule has 0 unspecified atom stereocenters. The molecule has 130 valence electrons. The Kier molecular flexibility index (Phi) is 4.57. The highest BCUT2D eigenvalue weighted by molar-refractivity contribution is 5.93. The lowest BCUT2D eigenvalue weighted by atomic mass is 9.96. The molecule has 4 rings (SSSR count). The maximum Gasteiger partial charge on any atom is 0.231 e. The van der Waals surface area contributed by atoms with Crippen LogP contribution in [0.25, 0.3) is 0 Å². The summed E-state index contributed by atoms with van der Waals surface area (Å²) in [5.74, 6) is 0.740. The zero-order chi connectivity index (χ0) is 17.1. The van der Waals surface area contributed by atoms with E-state index in [4.69, 9.17) is 9.47 Å². The van der Waals surface area contributed by atoms with Crippen molar-refractivity contribution in [3.63, 3.8) is 0 Å². The van der Waals surface area contributed by atoms with Gasteiger partial charge in [0.25, 0.3) is 0 Å². The van der Waals surface area contributed by atoms with Gasteiger partial charge in [0.15, 0.2) is 0 Å². The van der Waals surface area contributed by atoms with Crippen LogP contribution in [0.2, 0.25) is 0 Å². The molecular formula is C20H22N2O3. The van der Waals surface area contributed by atoms with E-state index in [1.54, 1.807) is 0 Å². The molecule has 2 heterocycles. The second kappa shape index (κ2) is 7.15. The summed E-state index contributed by atoms with van der Waals surface area (Å²) in [4.78, 5) is 14.8. The summed E-state index contributed by atoms with van der Waals surface area (Å²) in [6.07, 6.45) is 0.716. The van der Waals surface area contributed by atoms with Crippen LogP contribution < -0.4 is 15.0 Å². The maximum atomic E-state index is 12.5. The fourth-order valence-electron chi connectivity index (χ4n) is 3.32. The molecule has 2 aliphatic rings. The van der Waals surface area contributed by atoms with Crippen LogP contribution in [0.3, 0.4) is 0 Å². The number of carbonyl (C=O) groups is 1. The number of carbonyl (C=O) groups excluding carboxylic acids is 1. The monoisotopic (exact) mass is 338 g/mol. The van der Waals surface area contributed by atoms with Crippen molar-refractivity contribution < 1.29 is 14.3 Å². The number of hydrogen-bond donors (Lipinski definition) is 1. The Bertz CT molecular complexity index is 739. The van der Waals surface area contributed by atoms with E-state index in [-0.39, 0.29) is 11.8 Å². The number of para-hydroxylation sites is 1. The van der Waals surface area contributed by atoms with Gasteiger partial charge in [-0.3, -0.25) is 4.79 Å². The lowest BCUT2D eigenvalue weighted by Gasteiger charge is -2.29. The number of anilines is 2. The predicted molar refractivity (Wildman–Crippen MR) is 97.2 cm³/mol. The SMILES string of the molecule is O=C(Nc1ccc(N2CCOCC2)cc1)[C@H]1COc2ccccc2C1. The van der Waals surface area contributed by atoms with Crippen molar-refractivity contribution in [2.24, 2.45) is 5.92 Å². The molecule has 1 fully saturated rings. The third-order valence-electron chi connectivity index (χ3n) is 4.76. The van der Waals surface area contributed by atoms with Crippen LogP contribution in [0.4, 0.5) is 11.4 Å². The van der Waals surface area contributed by atoms with Gasteiger partial charge in [-0.25, -0.2) is 0 Å². The molecule has 5 heteroatoms. The molecule has 1 amide bonds. The highest BCUT2D eigenvalue weighted by Crippen LogP contribution is 2.27. The smallest absolute Gasteiger partial charge is 0.231 e. The number of nitrogens with one attached hydrogen (secondary N) is 1. The average Bonchev–Trinajstić information content (AvgIpc) is 2.69. The van der Waals surface area contributed by atoms with Crippen molar-refractivity contribution >= 4 is 17.3 Å². The highest BCUT2D eigenvalue weighted by Gasteiger charge is 2.25. The molecule has 0 spiro atoms. The van der Waals surface area contributed by atoms with Gasteiger partial charge in [-0.1, -0.05) is 18.2 Å². The largest absolute Gasteiger partial charge is 0.492 e. The van der Waals surface area contributed by atoms with Gasteiger partial charge in [-0.2, -0.15) is 0 Å². The third-order valence-corrected chi connectivity index (χ3v) is 4.76. The zero-order valence-electron chi connectivity index (χ0n) is 14.1. The van der Waals surface area contributed by atoms with E-state index in [1.165, 1.54) is 0 Å². The first-order valence-electron chi connectivity index (χ1n) is 8.74. The summed E-state index contributed by atoms with van der Waals surface area (Å²) in [5, 5.41) is 3.01. The van der Waals surface area contributed by atoms with E-state index < -0.39 is 0 Å². The van der Waals surface area contributed by atoms with Gasteiger partial charge in [0.1, 0.15) is 12.4 Å². The molecule has 2 aliphatic heterocycles. The first-order valence-corrected chi connectivity index (χ1v) is 8.74. The first kappa shape index (κ1) is 16.0. The quantitative estimate of drug-likeness (QED) is 0.935. The Morgan fingerprint density at radius 1 is 1.04 bits per heavy atom. The van der Waals surface area contributed by atoms with Gasteiger partial charge in [-0.05, 0) is 42.3 Å². The molecule has 0 aromatic heterocycles. The Labute approximate surface area is 147 Å². The summed E-state index contributed by atoms with van der Waals surface area (Å²) in [7, 11) is 0. The van der Waals surface area contributed by atoms with Gasteiger partial charge in [-0.15, -0.1) is 0 Å². The number of rotatable bonds is 3. The molecule has 5 nitrogen and oxygen atoms in total. The molecule has 1 saturated heterocycles. The Hall–Kier alpha value is -2.53. The predicted octanol–water partition coefficient (Wildman–Crippen LogP) is 2.71. The van der Waals surface area contributed by atoms with Gasteiger partial charge < -0.3 is 19.7 Å². The van der Waals surface area contributed by atoms with Crippen LogP contribution in [0, 0.1) is 5.92 Å². The minimum Gasteiger partial charge on any atom is -0.492 e. The number of fused-ring (bicyclic) bond motifs is 1. The molecule has 2 aromatic carbocycles. The number of ether oxygens (including phenoxy) is 2. The Morgan fingerprint density at radius 2 is 1.80 bits per heavy atom. The summed E-state index contributed by atoms with van der Waals surface area (Å²) < 4.78 is 11.1. The van der Waals surface area contributed by atoms with Gasteiger partial charge >= 0.3 is 0 Å². The van der Waals surface area contributed by atoms with Crippen LogP contribution >= 0.6 is 0 Å². The van der Waals surface area contributed by atoms with Crippen molar-refractivity contribution in [1.82, 2.24) is 0 Å². The molecule has 1 N–H and O–H groups in total. The van der Waals surface area contributed by atoms with Gasteiger partial charge in [0.05, 0.1) is 19.1 Å². The van der Waals surface area contributed by atoms with Gasteiger partial charge in [0.2, 0.25) is 5.91 Å². The molecule has 25 heavy (non-hydrogen) atoms. The summed E-state index contributed by atoms with van der Waals surface area (Å²) in [5.41, 5.74) is 3.08. The second-order valence-corrected chi connectivity index (χ2v) is 6.46. The number of benzene rings is 2. The lowest BCUT2D eigenvalue weighted by molar-refractivity contribution is -0.121. The first-order chi connectivity index (χ1) is 12.3. The Morgan fingerprint density at radius 3 is 2.60 bits per heavy atom. The molecule has 0 saturated carbocycles. The molecule has 0 aliphatic carbocycles. The van der Waals surface area contributed by atoms with Crippen LogP contribution in [-0.2, 0) is 16.0 Å². The number of amides is 1. The number of hydrogen-bond acceptors (Lipinski definition) is 4. The molecule has 2 aromatic rings. The fourth-order valence-corrected chi connectivity index (χ4v) is 3.32. The third kappa shape index (κ3) is 3.61.